The fraction of sp³-hybridized carbons (Fsp3) is 0.0833. The van der Waals surface area contributed by atoms with Crippen LogP contribution in [0.1, 0.15) is 10.5 Å². The maximum atomic E-state index is 12.1. The Morgan fingerprint density at radius 1 is 1.33 bits per heavy atom. The average molecular weight is 285 g/mol. The number of hydrogen-bond acceptors (Lipinski definition) is 7. The number of aryl methyl sites for hydroxylation is 1. The Morgan fingerprint density at radius 2 is 2.14 bits per heavy atom. The van der Waals surface area contributed by atoms with Crippen LogP contribution in [0, 0.1) is 0 Å². The van der Waals surface area contributed by atoms with Crippen molar-refractivity contribution in [2.75, 3.05) is 11.1 Å². The van der Waals surface area contributed by atoms with E-state index >= 15 is 0 Å². The molecule has 9 nitrogen and oxygen atoms in total. The molecule has 3 N–H and O–H groups in total. The van der Waals surface area contributed by atoms with Crippen molar-refractivity contribution in [3.8, 4) is 11.4 Å². The highest BCUT2D eigenvalue weighted by atomic mass is 16.6. The second-order valence-electron chi connectivity index (χ2n) is 4.26. The molecule has 2 aromatic heterocycles. The van der Waals surface area contributed by atoms with Gasteiger partial charge in [-0.05, 0) is 22.4 Å². The van der Waals surface area contributed by atoms with Crippen LogP contribution in [-0.4, -0.2) is 31.0 Å². The highest BCUT2D eigenvalue weighted by Crippen LogP contribution is 2.26. The van der Waals surface area contributed by atoms with Crippen LogP contribution in [0.4, 0.5) is 11.5 Å². The van der Waals surface area contributed by atoms with Crippen molar-refractivity contribution >= 4 is 17.4 Å². The van der Waals surface area contributed by atoms with E-state index in [9.17, 15) is 4.79 Å². The second kappa shape index (κ2) is 5.04. The number of carbonyl (C=O) groups excluding carboxylic acids is 1. The third-order valence-corrected chi connectivity index (χ3v) is 2.86. The van der Waals surface area contributed by atoms with Gasteiger partial charge in [-0.3, -0.25) is 4.79 Å². The van der Waals surface area contributed by atoms with Crippen molar-refractivity contribution in [1.82, 2.24) is 25.1 Å². The minimum atomic E-state index is -0.511. The summed E-state index contributed by atoms with van der Waals surface area (Å²) in [4.78, 5) is 12.1. The maximum Gasteiger partial charge on any atom is 0.281 e. The minimum Gasteiger partial charge on any atom is -0.379 e. The third-order valence-electron chi connectivity index (χ3n) is 2.86. The number of amides is 1. The smallest absolute Gasteiger partial charge is 0.281 e. The number of aromatic nitrogens is 5. The van der Waals surface area contributed by atoms with Gasteiger partial charge in [0.25, 0.3) is 5.91 Å². The Balaban J connectivity index is 1.95. The molecule has 0 spiro atoms. The number of carbonyl (C=O) groups is 1. The van der Waals surface area contributed by atoms with Gasteiger partial charge in [0.2, 0.25) is 11.5 Å². The zero-order valence-electron chi connectivity index (χ0n) is 11.0. The fourth-order valence-corrected chi connectivity index (χ4v) is 1.85. The van der Waals surface area contributed by atoms with E-state index in [1.54, 1.807) is 23.0 Å². The van der Waals surface area contributed by atoms with Crippen LogP contribution in [0.5, 0.6) is 0 Å². The quantitative estimate of drug-likeness (QED) is 0.725. The summed E-state index contributed by atoms with van der Waals surface area (Å²) in [7, 11) is 1.81. The molecule has 0 bridgehead atoms. The van der Waals surface area contributed by atoms with Gasteiger partial charge in [0.15, 0.2) is 5.82 Å². The zero-order valence-corrected chi connectivity index (χ0v) is 11.0. The first kappa shape index (κ1) is 12.8. The molecular weight excluding hydrogens is 274 g/mol. The van der Waals surface area contributed by atoms with Crippen LogP contribution in [0.3, 0.4) is 0 Å². The van der Waals surface area contributed by atoms with Gasteiger partial charge in [-0.15, -0.1) is 10.2 Å². The van der Waals surface area contributed by atoms with Crippen LogP contribution in [0.25, 0.3) is 11.4 Å². The normalized spacial score (nSPS) is 10.5. The van der Waals surface area contributed by atoms with Crippen LogP contribution >= 0.6 is 0 Å². The molecule has 1 aromatic carbocycles. The number of nitrogens with zero attached hydrogens (tertiary/aromatic N) is 5. The molecule has 2 heterocycles. The number of nitrogens with one attached hydrogen (secondary N) is 1. The van der Waals surface area contributed by atoms with E-state index in [4.69, 9.17) is 5.73 Å². The number of nitrogens with two attached hydrogens (primary N) is 1. The maximum absolute atomic E-state index is 12.1. The number of nitrogen functional groups attached to an aromatic ring is 1. The standard InChI is InChI=1S/C12H11N7O2/c1-19-6-14-16-11(19)7-4-2-3-5-8(7)15-12(20)9-10(13)18-21-17-9/h2-6H,1H3,(H2,13,18)(H,15,20). The van der Waals surface area contributed by atoms with Crippen molar-refractivity contribution < 1.29 is 9.42 Å². The summed E-state index contributed by atoms with van der Waals surface area (Å²) in [5.41, 5.74) is 6.71. The van der Waals surface area contributed by atoms with Crippen molar-refractivity contribution in [3.63, 3.8) is 0 Å². The van der Waals surface area contributed by atoms with E-state index in [1.165, 1.54) is 0 Å². The highest BCUT2D eigenvalue weighted by Gasteiger charge is 2.18. The molecule has 3 aromatic rings. The molecule has 0 unspecified atom stereocenters. The monoisotopic (exact) mass is 285 g/mol. The van der Waals surface area contributed by atoms with E-state index in [-0.39, 0.29) is 11.5 Å². The predicted molar refractivity (Wildman–Crippen MR) is 73.1 cm³/mol. The topological polar surface area (TPSA) is 125 Å². The van der Waals surface area contributed by atoms with Gasteiger partial charge in [-0.1, -0.05) is 12.1 Å². The molecule has 0 saturated carbocycles. The average Bonchev–Trinajstić information content (AvgIpc) is 3.08. The summed E-state index contributed by atoms with van der Waals surface area (Å²) in [5.74, 6) is 0.0455. The van der Waals surface area contributed by atoms with Gasteiger partial charge >= 0.3 is 0 Å². The van der Waals surface area contributed by atoms with Gasteiger partial charge < -0.3 is 15.6 Å². The van der Waals surface area contributed by atoms with Crippen molar-refractivity contribution in [1.29, 1.82) is 0 Å². The third kappa shape index (κ3) is 2.31. The molecule has 0 saturated heterocycles. The number of anilines is 2. The van der Waals surface area contributed by atoms with E-state index in [0.717, 1.165) is 5.56 Å². The second-order valence-corrected chi connectivity index (χ2v) is 4.26. The lowest BCUT2D eigenvalue weighted by Gasteiger charge is -2.09. The fourth-order valence-electron chi connectivity index (χ4n) is 1.85. The molecule has 1 amide bonds. The number of benzene rings is 1. The summed E-state index contributed by atoms with van der Waals surface area (Å²) in [5, 5.41) is 17.4. The van der Waals surface area contributed by atoms with E-state index in [2.05, 4.69) is 30.5 Å². The van der Waals surface area contributed by atoms with Gasteiger partial charge in [0, 0.05) is 12.6 Å². The first-order valence-electron chi connectivity index (χ1n) is 5.99. The summed E-state index contributed by atoms with van der Waals surface area (Å²) >= 11 is 0. The van der Waals surface area contributed by atoms with E-state index in [0.29, 0.717) is 11.5 Å². The first-order valence-corrected chi connectivity index (χ1v) is 5.99. The lowest BCUT2D eigenvalue weighted by Crippen LogP contribution is -2.15. The first-order chi connectivity index (χ1) is 10.2. The van der Waals surface area contributed by atoms with Crippen LogP contribution < -0.4 is 11.1 Å². The summed E-state index contributed by atoms with van der Waals surface area (Å²) in [6.07, 6.45) is 1.58. The van der Waals surface area contributed by atoms with Gasteiger partial charge in [-0.25, -0.2) is 4.63 Å². The molecule has 0 aliphatic rings. The highest BCUT2D eigenvalue weighted by molar-refractivity contribution is 6.07. The van der Waals surface area contributed by atoms with Crippen molar-refractivity contribution in [3.05, 3.63) is 36.3 Å². The van der Waals surface area contributed by atoms with E-state index in [1.807, 2.05) is 19.2 Å². The zero-order chi connectivity index (χ0) is 14.8. The Kier molecular flexibility index (Phi) is 3.07. The Morgan fingerprint density at radius 3 is 2.81 bits per heavy atom. The molecular formula is C12H11N7O2. The number of hydrogen-bond donors (Lipinski definition) is 2. The Hall–Kier alpha value is -3.23. The largest absolute Gasteiger partial charge is 0.379 e. The molecule has 0 radical (unpaired) electrons. The molecule has 9 heteroatoms. The molecule has 0 aliphatic heterocycles. The number of para-hydroxylation sites is 1. The molecule has 106 valence electrons. The lowest BCUT2D eigenvalue weighted by molar-refractivity contribution is 0.101. The number of rotatable bonds is 3. The van der Waals surface area contributed by atoms with Crippen molar-refractivity contribution in [2.24, 2.45) is 7.05 Å². The summed E-state index contributed by atoms with van der Waals surface area (Å²) in [6.45, 7) is 0. The lowest BCUT2D eigenvalue weighted by atomic mass is 10.1. The molecule has 3 rings (SSSR count). The van der Waals surface area contributed by atoms with Crippen molar-refractivity contribution in [2.45, 2.75) is 0 Å². The van der Waals surface area contributed by atoms with E-state index < -0.39 is 5.91 Å². The van der Waals surface area contributed by atoms with Gasteiger partial charge in [-0.2, -0.15) is 0 Å². The Labute approximate surface area is 118 Å². The molecule has 21 heavy (non-hydrogen) atoms. The summed E-state index contributed by atoms with van der Waals surface area (Å²) < 4.78 is 6.16. The SMILES string of the molecule is Cn1cnnc1-c1ccccc1NC(=O)c1nonc1N. The van der Waals surface area contributed by atoms with Gasteiger partial charge in [0.1, 0.15) is 6.33 Å². The van der Waals surface area contributed by atoms with Crippen LogP contribution in [-0.2, 0) is 7.05 Å². The molecule has 0 fully saturated rings. The predicted octanol–water partition coefficient (Wildman–Crippen LogP) is 0.700. The van der Waals surface area contributed by atoms with Crippen LogP contribution in [0.2, 0.25) is 0 Å². The Bertz CT molecular complexity index is 792. The molecule has 0 atom stereocenters. The van der Waals surface area contributed by atoms with Gasteiger partial charge in [0.05, 0.1) is 5.69 Å². The molecule has 0 aliphatic carbocycles. The van der Waals surface area contributed by atoms with Crippen LogP contribution in [0.15, 0.2) is 35.2 Å². The summed E-state index contributed by atoms with van der Waals surface area (Å²) in [6, 6.07) is 7.20. The minimum absolute atomic E-state index is 0.0661.